The minimum atomic E-state index is -1.39. The van der Waals surface area contributed by atoms with Gasteiger partial charge in [0.15, 0.2) is 0 Å². The lowest BCUT2D eigenvalue weighted by Crippen LogP contribution is -2.24. The summed E-state index contributed by atoms with van der Waals surface area (Å²) < 4.78 is 0. The molecule has 0 aliphatic carbocycles. The molecule has 1 rings (SSSR count). The van der Waals surface area contributed by atoms with Crippen molar-refractivity contribution in [3.63, 3.8) is 0 Å². The molecule has 8 nitrogen and oxygen atoms in total. The van der Waals surface area contributed by atoms with E-state index in [9.17, 15) is 19.7 Å². The standard InChI is InChI=1S/C11H13N3O5/c1-6(5-9(12)15)13-8-4-2-3-7(11(16)17)10(8)14(18)19/h2-4,6,13H,5H2,1H3,(H2,12,15)(H,16,17). The number of carboxylic acid groups (broad SMARTS) is 1. The van der Waals surface area contributed by atoms with Gasteiger partial charge in [-0.25, -0.2) is 4.79 Å². The number of nitro groups is 1. The molecule has 0 radical (unpaired) electrons. The van der Waals surface area contributed by atoms with Gasteiger partial charge in [0, 0.05) is 12.5 Å². The molecule has 1 atom stereocenters. The summed E-state index contributed by atoms with van der Waals surface area (Å²) >= 11 is 0. The van der Waals surface area contributed by atoms with Crippen LogP contribution >= 0.6 is 0 Å². The van der Waals surface area contributed by atoms with Gasteiger partial charge in [-0.05, 0) is 19.1 Å². The molecule has 0 fully saturated rings. The number of rotatable bonds is 6. The zero-order chi connectivity index (χ0) is 14.6. The van der Waals surface area contributed by atoms with Gasteiger partial charge in [-0.2, -0.15) is 0 Å². The molecule has 0 bridgehead atoms. The number of carbonyl (C=O) groups is 2. The van der Waals surface area contributed by atoms with E-state index in [1.807, 2.05) is 0 Å². The third-order valence-corrected chi connectivity index (χ3v) is 2.36. The zero-order valence-corrected chi connectivity index (χ0v) is 10.1. The summed E-state index contributed by atoms with van der Waals surface area (Å²) in [6, 6.07) is 3.46. The molecule has 0 aliphatic rings. The highest BCUT2D eigenvalue weighted by Gasteiger charge is 2.24. The van der Waals surface area contributed by atoms with Gasteiger partial charge in [0.25, 0.3) is 0 Å². The number of hydrogen-bond acceptors (Lipinski definition) is 5. The molecule has 0 heterocycles. The molecule has 4 N–H and O–H groups in total. The van der Waals surface area contributed by atoms with Crippen LogP contribution < -0.4 is 11.1 Å². The van der Waals surface area contributed by atoms with Crippen LogP contribution in [0, 0.1) is 10.1 Å². The number of nitrogens with two attached hydrogens (primary N) is 1. The Kier molecular flexibility index (Phi) is 4.41. The second-order valence-electron chi connectivity index (χ2n) is 3.98. The van der Waals surface area contributed by atoms with E-state index < -0.39 is 34.1 Å². The second kappa shape index (κ2) is 5.80. The summed E-state index contributed by atoms with van der Waals surface area (Å²) in [5.41, 5.74) is 4.11. The van der Waals surface area contributed by atoms with Crippen LogP contribution in [0.3, 0.4) is 0 Å². The maximum absolute atomic E-state index is 11.0. The first kappa shape index (κ1) is 14.4. The lowest BCUT2D eigenvalue weighted by atomic mass is 10.1. The molecule has 0 saturated heterocycles. The highest BCUT2D eigenvalue weighted by Crippen LogP contribution is 2.29. The quantitative estimate of drug-likeness (QED) is 0.519. The first-order valence-corrected chi connectivity index (χ1v) is 5.38. The maximum Gasteiger partial charge on any atom is 0.342 e. The predicted octanol–water partition coefficient (Wildman–Crippen LogP) is 0.969. The Balaban J connectivity index is 3.13. The molecule has 0 aliphatic heterocycles. The fraction of sp³-hybridized carbons (Fsp3) is 0.273. The third kappa shape index (κ3) is 3.66. The van der Waals surface area contributed by atoms with Gasteiger partial charge < -0.3 is 16.2 Å². The number of nitrogens with one attached hydrogen (secondary N) is 1. The molecule has 1 aromatic carbocycles. The lowest BCUT2D eigenvalue weighted by Gasteiger charge is -2.14. The summed E-state index contributed by atoms with van der Waals surface area (Å²) in [5, 5.41) is 22.6. The smallest absolute Gasteiger partial charge is 0.342 e. The van der Waals surface area contributed by atoms with Crippen LogP contribution in [0.2, 0.25) is 0 Å². The summed E-state index contributed by atoms with van der Waals surface area (Å²) in [6.45, 7) is 1.61. The van der Waals surface area contributed by atoms with Crippen molar-refractivity contribution >= 4 is 23.3 Å². The van der Waals surface area contributed by atoms with Crippen molar-refractivity contribution in [2.24, 2.45) is 5.73 Å². The van der Waals surface area contributed by atoms with E-state index in [1.54, 1.807) is 6.92 Å². The van der Waals surface area contributed by atoms with E-state index >= 15 is 0 Å². The first-order chi connectivity index (χ1) is 8.82. The number of primary amides is 1. The first-order valence-electron chi connectivity index (χ1n) is 5.38. The Hall–Kier alpha value is -2.64. The summed E-state index contributed by atoms with van der Waals surface area (Å²) in [4.78, 5) is 31.9. The molecule has 1 amide bonds. The van der Waals surface area contributed by atoms with Gasteiger partial charge in [0.2, 0.25) is 5.91 Å². The highest BCUT2D eigenvalue weighted by atomic mass is 16.6. The summed E-state index contributed by atoms with van der Waals surface area (Å²) in [7, 11) is 0. The SMILES string of the molecule is CC(CC(N)=O)Nc1cccc(C(=O)O)c1[N+](=O)[O-]. The molecule has 0 aromatic heterocycles. The van der Waals surface area contributed by atoms with Gasteiger partial charge in [-0.15, -0.1) is 0 Å². The van der Waals surface area contributed by atoms with Crippen LogP contribution in [-0.4, -0.2) is 27.9 Å². The van der Waals surface area contributed by atoms with Crippen LogP contribution in [-0.2, 0) is 4.79 Å². The Morgan fingerprint density at radius 1 is 1.53 bits per heavy atom. The van der Waals surface area contributed by atoms with Gasteiger partial charge >= 0.3 is 11.7 Å². The van der Waals surface area contributed by atoms with E-state index in [-0.39, 0.29) is 12.1 Å². The minimum absolute atomic E-state index is 0.0194. The molecular weight excluding hydrogens is 254 g/mol. The fourth-order valence-corrected chi connectivity index (χ4v) is 1.65. The van der Waals surface area contributed by atoms with Crippen molar-refractivity contribution in [3.05, 3.63) is 33.9 Å². The molecule has 1 aromatic rings. The Labute approximate surface area is 108 Å². The van der Waals surface area contributed by atoms with Crippen molar-refractivity contribution in [3.8, 4) is 0 Å². The normalized spacial score (nSPS) is 11.6. The second-order valence-corrected chi connectivity index (χ2v) is 3.98. The van der Waals surface area contributed by atoms with Crippen LogP contribution in [0.25, 0.3) is 0 Å². The Morgan fingerprint density at radius 2 is 2.16 bits per heavy atom. The van der Waals surface area contributed by atoms with Crippen molar-refractivity contribution in [2.45, 2.75) is 19.4 Å². The molecule has 102 valence electrons. The Morgan fingerprint density at radius 3 is 2.63 bits per heavy atom. The van der Waals surface area contributed by atoms with Crippen LogP contribution in [0.15, 0.2) is 18.2 Å². The zero-order valence-electron chi connectivity index (χ0n) is 10.1. The topological polar surface area (TPSA) is 136 Å². The molecule has 0 saturated carbocycles. The van der Waals surface area contributed by atoms with Gasteiger partial charge in [0.05, 0.1) is 4.92 Å². The summed E-state index contributed by atoms with van der Waals surface area (Å²) in [5.74, 6) is -1.95. The van der Waals surface area contributed by atoms with Gasteiger partial charge in [0.1, 0.15) is 11.3 Å². The average Bonchev–Trinajstić information content (AvgIpc) is 2.26. The van der Waals surface area contributed by atoms with E-state index in [1.165, 1.54) is 12.1 Å². The highest BCUT2D eigenvalue weighted by molar-refractivity contribution is 5.95. The number of para-hydroxylation sites is 1. The maximum atomic E-state index is 11.0. The molecule has 1 unspecified atom stereocenters. The minimum Gasteiger partial charge on any atom is -0.477 e. The number of anilines is 1. The average molecular weight is 267 g/mol. The number of nitrogens with zero attached hydrogens (tertiary/aromatic N) is 1. The number of hydrogen-bond donors (Lipinski definition) is 3. The van der Waals surface area contributed by atoms with Crippen molar-refractivity contribution in [1.82, 2.24) is 0 Å². The van der Waals surface area contributed by atoms with E-state index in [4.69, 9.17) is 10.8 Å². The monoisotopic (exact) mass is 267 g/mol. The van der Waals surface area contributed by atoms with Crippen molar-refractivity contribution in [2.75, 3.05) is 5.32 Å². The van der Waals surface area contributed by atoms with Crippen LogP contribution in [0.5, 0.6) is 0 Å². The fourth-order valence-electron chi connectivity index (χ4n) is 1.65. The third-order valence-electron chi connectivity index (χ3n) is 2.36. The predicted molar refractivity (Wildman–Crippen MR) is 67.0 cm³/mol. The number of aromatic carboxylic acids is 1. The van der Waals surface area contributed by atoms with Gasteiger partial charge in [-0.3, -0.25) is 14.9 Å². The summed E-state index contributed by atoms with van der Waals surface area (Å²) in [6.07, 6.45) is -0.0194. The Bertz CT molecular complexity index is 529. The van der Waals surface area contributed by atoms with E-state index in [2.05, 4.69) is 5.32 Å². The largest absolute Gasteiger partial charge is 0.477 e. The number of carboxylic acids is 1. The molecular formula is C11H13N3O5. The van der Waals surface area contributed by atoms with E-state index in [0.29, 0.717) is 0 Å². The lowest BCUT2D eigenvalue weighted by molar-refractivity contribution is -0.384. The van der Waals surface area contributed by atoms with Crippen LogP contribution in [0.4, 0.5) is 11.4 Å². The molecule has 19 heavy (non-hydrogen) atoms. The number of nitro benzene ring substituents is 1. The van der Waals surface area contributed by atoms with Crippen LogP contribution in [0.1, 0.15) is 23.7 Å². The van der Waals surface area contributed by atoms with Crippen molar-refractivity contribution in [1.29, 1.82) is 0 Å². The molecule has 8 heteroatoms. The van der Waals surface area contributed by atoms with Gasteiger partial charge in [-0.1, -0.05) is 6.07 Å². The number of benzene rings is 1. The molecule has 0 spiro atoms. The van der Waals surface area contributed by atoms with Crippen molar-refractivity contribution < 1.29 is 19.6 Å². The number of amides is 1. The van der Waals surface area contributed by atoms with E-state index in [0.717, 1.165) is 6.07 Å². The number of carbonyl (C=O) groups excluding carboxylic acids is 1.